The van der Waals surface area contributed by atoms with E-state index in [1.165, 1.54) is 9.58 Å². The lowest BCUT2D eigenvalue weighted by Gasteiger charge is -2.20. The van der Waals surface area contributed by atoms with E-state index in [2.05, 4.69) is 5.10 Å². The number of carboxylic acids is 1. The first-order valence-corrected chi connectivity index (χ1v) is 6.64. The normalized spacial score (nSPS) is 10.4. The molecule has 110 valence electrons. The number of aromatic nitrogens is 2. The summed E-state index contributed by atoms with van der Waals surface area (Å²) in [7, 11) is 1.68. The Bertz CT molecular complexity index is 649. The van der Waals surface area contributed by atoms with Crippen LogP contribution >= 0.6 is 0 Å². The molecule has 21 heavy (non-hydrogen) atoms. The summed E-state index contributed by atoms with van der Waals surface area (Å²) in [6.07, 6.45) is 0.714. The molecular formula is C15H17N3O3. The number of para-hydroxylation sites is 1. The van der Waals surface area contributed by atoms with E-state index >= 15 is 0 Å². The zero-order valence-electron chi connectivity index (χ0n) is 12.0. The Morgan fingerprint density at radius 3 is 2.48 bits per heavy atom. The van der Waals surface area contributed by atoms with Crippen molar-refractivity contribution in [1.29, 1.82) is 0 Å². The number of benzene rings is 1. The average Bonchev–Trinajstić information content (AvgIpc) is 2.86. The van der Waals surface area contributed by atoms with Crippen molar-refractivity contribution in [3.63, 3.8) is 0 Å². The molecule has 0 bridgehead atoms. The zero-order valence-corrected chi connectivity index (χ0v) is 12.0. The SMILES string of the molecule is CCc1cc(C(=O)N(CC(=O)O)c2ccccc2)n(C)n1. The summed E-state index contributed by atoms with van der Waals surface area (Å²) < 4.78 is 1.49. The Morgan fingerprint density at radius 1 is 1.29 bits per heavy atom. The van der Waals surface area contributed by atoms with Crippen LogP contribution in [0.2, 0.25) is 0 Å². The van der Waals surface area contributed by atoms with E-state index in [4.69, 9.17) is 5.11 Å². The Labute approximate surface area is 122 Å². The van der Waals surface area contributed by atoms with Gasteiger partial charge in [-0.05, 0) is 24.6 Å². The van der Waals surface area contributed by atoms with Crippen LogP contribution < -0.4 is 4.90 Å². The molecule has 6 heteroatoms. The van der Waals surface area contributed by atoms with Crippen LogP contribution in [0.3, 0.4) is 0 Å². The van der Waals surface area contributed by atoms with Gasteiger partial charge in [-0.2, -0.15) is 5.10 Å². The van der Waals surface area contributed by atoms with Gasteiger partial charge in [0, 0.05) is 12.7 Å². The van der Waals surface area contributed by atoms with E-state index in [0.717, 1.165) is 5.69 Å². The number of carbonyl (C=O) groups excluding carboxylic acids is 1. The van der Waals surface area contributed by atoms with E-state index in [1.54, 1.807) is 37.4 Å². The van der Waals surface area contributed by atoms with Crippen molar-refractivity contribution >= 4 is 17.6 Å². The molecule has 1 amide bonds. The molecule has 0 radical (unpaired) electrons. The van der Waals surface area contributed by atoms with Crippen molar-refractivity contribution in [1.82, 2.24) is 9.78 Å². The first-order chi connectivity index (χ1) is 10.0. The Morgan fingerprint density at radius 2 is 1.95 bits per heavy atom. The highest BCUT2D eigenvalue weighted by molar-refractivity contribution is 6.07. The number of carbonyl (C=O) groups is 2. The molecule has 0 unspecified atom stereocenters. The summed E-state index contributed by atoms with van der Waals surface area (Å²) in [6, 6.07) is 10.4. The summed E-state index contributed by atoms with van der Waals surface area (Å²) in [5, 5.41) is 13.3. The van der Waals surface area contributed by atoms with Crippen LogP contribution in [0.1, 0.15) is 23.1 Å². The number of aliphatic carboxylic acids is 1. The van der Waals surface area contributed by atoms with Crippen LogP contribution in [0, 0.1) is 0 Å². The van der Waals surface area contributed by atoms with Gasteiger partial charge in [0.1, 0.15) is 12.2 Å². The van der Waals surface area contributed by atoms with Gasteiger partial charge in [0.05, 0.1) is 5.69 Å². The van der Waals surface area contributed by atoms with Gasteiger partial charge in [0.15, 0.2) is 0 Å². The molecule has 1 heterocycles. The van der Waals surface area contributed by atoms with Crippen LogP contribution in [0.25, 0.3) is 0 Å². The number of aryl methyl sites for hydroxylation is 2. The number of nitrogens with zero attached hydrogens (tertiary/aromatic N) is 3. The fourth-order valence-electron chi connectivity index (χ4n) is 2.06. The Kier molecular flexibility index (Phi) is 4.37. The zero-order chi connectivity index (χ0) is 15.4. The van der Waals surface area contributed by atoms with E-state index in [1.807, 2.05) is 13.0 Å². The van der Waals surface area contributed by atoms with Crippen LogP contribution in [0.5, 0.6) is 0 Å². The van der Waals surface area contributed by atoms with Crippen LogP contribution in [0.4, 0.5) is 5.69 Å². The van der Waals surface area contributed by atoms with Crippen molar-refractivity contribution in [3.05, 3.63) is 47.8 Å². The third kappa shape index (κ3) is 3.28. The van der Waals surface area contributed by atoms with Crippen molar-refractivity contribution in [2.75, 3.05) is 11.4 Å². The maximum atomic E-state index is 12.6. The predicted octanol–water partition coefficient (Wildman–Crippen LogP) is 1.71. The van der Waals surface area contributed by atoms with Gasteiger partial charge < -0.3 is 5.11 Å². The minimum absolute atomic E-state index is 0.372. The lowest BCUT2D eigenvalue weighted by molar-refractivity contribution is -0.135. The topological polar surface area (TPSA) is 75.4 Å². The molecule has 6 nitrogen and oxygen atoms in total. The molecular weight excluding hydrogens is 270 g/mol. The van der Waals surface area contributed by atoms with Gasteiger partial charge in [0.25, 0.3) is 5.91 Å². The minimum atomic E-state index is -1.06. The fraction of sp³-hybridized carbons (Fsp3) is 0.267. The molecule has 0 aliphatic rings. The van der Waals surface area contributed by atoms with Crippen molar-refractivity contribution in [2.45, 2.75) is 13.3 Å². The van der Waals surface area contributed by atoms with Crippen LogP contribution in [-0.2, 0) is 18.3 Å². The highest BCUT2D eigenvalue weighted by Crippen LogP contribution is 2.17. The molecule has 0 fully saturated rings. The molecule has 0 atom stereocenters. The number of rotatable bonds is 5. The smallest absolute Gasteiger partial charge is 0.323 e. The first-order valence-electron chi connectivity index (χ1n) is 6.64. The highest BCUT2D eigenvalue weighted by Gasteiger charge is 2.23. The summed E-state index contributed by atoms with van der Waals surface area (Å²) in [5.41, 5.74) is 1.71. The minimum Gasteiger partial charge on any atom is -0.480 e. The van der Waals surface area contributed by atoms with E-state index < -0.39 is 12.5 Å². The second kappa shape index (κ2) is 6.21. The van der Waals surface area contributed by atoms with Crippen molar-refractivity contribution in [2.24, 2.45) is 7.05 Å². The molecule has 2 rings (SSSR count). The number of amides is 1. The predicted molar refractivity (Wildman–Crippen MR) is 78.3 cm³/mol. The quantitative estimate of drug-likeness (QED) is 0.908. The van der Waals surface area contributed by atoms with Gasteiger partial charge >= 0.3 is 5.97 Å². The highest BCUT2D eigenvalue weighted by atomic mass is 16.4. The number of hydrogen-bond acceptors (Lipinski definition) is 3. The standard InChI is InChI=1S/C15H17N3O3/c1-3-11-9-13(17(2)16-11)15(21)18(10-14(19)20)12-7-5-4-6-8-12/h4-9H,3,10H2,1-2H3,(H,19,20). The molecule has 0 spiro atoms. The van der Waals surface area contributed by atoms with Crippen LogP contribution in [-0.4, -0.2) is 33.3 Å². The molecule has 1 aromatic carbocycles. The molecule has 0 saturated carbocycles. The van der Waals surface area contributed by atoms with Crippen molar-refractivity contribution in [3.8, 4) is 0 Å². The van der Waals surface area contributed by atoms with E-state index in [-0.39, 0.29) is 5.91 Å². The number of anilines is 1. The molecule has 0 saturated heterocycles. The van der Waals surface area contributed by atoms with E-state index in [0.29, 0.717) is 17.8 Å². The lowest BCUT2D eigenvalue weighted by atomic mass is 10.2. The number of hydrogen-bond donors (Lipinski definition) is 1. The Balaban J connectivity index is 2.38. The summed E-state index contributed by atoms with van der Waals surface area (Å²) in [5.74, 6) is -1.44. The third-order valence-corrected chi connectivity index (χ3v) is 3.12. The molecule has 2 aromatic rings. The molecule has 0 aliphatic heterocycles. The first kappa shape index (κ1) is 14.8. The summed E-state index contributed by atoms with van der Waals surface area (Å²) in [4.78, 5) is 24.9. The van der Waals surface area contributed by atoms with E-state index in [9.17, 15) is 9.59 Å². The van der Waals surface area contributed by atoms with Gasteiger partial charge in [0.2, 0.25) is 0 Å². The van der Waals surface area contributed by atoms with Gasteiger partial charge in [-0.1, -0.05) is 25.1 Å². The lowest BCUT2D eigenvalue weighted by Crippen LogP contribution is -2.36. The number of carboxylic acid groups (broad SMARTS) is 1. The largest absolute Gasteiger partial charge is 0.480 e. The van der Waals surface area contributed by atoms with Crippen LogP contribution in [0.15, 0.2) is 36.4 Å². The second-order valence-electron chi connectivity index (χ2n) is 4.62. The van der Waals surface area contributed by atoms with Crippen molar-refractivity contribution < 1.29 is 14.7 Å². The monoisotopic (exact) mass is 287 g/mol. The maximum absolute atomic E-state index is 12.6. The summed E-state index contributed by atoms with van der Waals surface area (Å²) in [6.45, 7) is 1.55. The van der Waals surface area contributed by atoms with Gasteiger partial charge in [-0.3, -0.25) is 19.2 Å². The van der Waals surface area contributed by atoms with Gasteiger partial charge in [-0.15, -0.1) is 0 Å². The molecule has 0 aliphatic carbocycles. The second-order valence-corrected chi connectivity index (χ2v) is 4.62. The third-order valence-electron chi connectivity index (χ3n) is 3.12. The average molecular weight is 287 g/mol. The fourth-order valence-corrected chi connectivity index (χ4v) is 2.06. The molecule has 1 aromatic heterocycles. The summed E-state index contributed by atoms with van der Waals surface area (Å²) >= 11 is 0. The maximum Gasteiger partial charge on any atom is 0.323 e. The Hall–Kier alpha value is -2.63. The molecule has 1 N–H and O–H groups in total. The van der Waals surface area contributed by atoms with Gasteiger partial charge in [-0.25, -0.2) is 0 Å².